The lowest BCUT2D eigenvalue weighted by Gasteiger charge is -2.11. The highest BCUT2D eigenvalue weighted by atomic mass is 32.2. The fraction of sp³-hybridized carbons (Fsp3) is 0.250. The van der Waals surface area contributed by atoms with Crippen LogP contribution in [0.1, 0.15) is 18.1 Å². The van der Waals surface area contributed by atoms with Crippen molar-refractivity contribution in [2.75, 3.05) is 5.75 Å². The van der Waals surface area contributed by atoms with Crippen LogP contribution in [0.15, 0.2) is 39.9 Å². The highest BCUT2D eigenvalue weighted by Gasteiger charge is 2.37. The molecular weight excluding hydrogens is 442 g/mol. The van der Waals surface area contributed by atoms with Crippen LogP contribution in [0.5, 0.6) is 0 Å². The second-order valence-corrected chi connectivity index (χ2v) is 8.03. The molecule has 160 valence electrons. The van der Waals surface area contributed by atoms with E-state index in [9.17, 15) is 34.8 Å². The van der Waals surface area contributed by atoms with Crippen molar-refractivity contribution in [2.45, 2.75) is 24.2 Å². The Labute approximate surface area is 164 Å². The Morgan fingerprint density at radius 3 is 2.17 bits per heavy atom. The Balaban J connectivity index is 2.17. The van der Waals surface area contributed by atoms with Crippen LogP contribution in [-0.2, 0) is 22.2 Å². The van der Waals surface area contributed by atoms with Gasteiger partial charge in [0.15, 0.2) is 9.84 Å². The third-order valence-electron chi connectivity index (χ3n) is 3.84. The zero-order valence-corrected chi connectivity index (χ0v) is 15.6. The molecule has 0 amide bonds. The van der Waals surface area contributed by atoms with Crippen molar-refractivity contribution in [3.63, 3.8) is 0 Å². The largest absolute Gasteiger partial charge is 0.418 e. The predicted octanol–water partition coefficient (Wildman–Crippen LogP) is 4.02. The summed E-state index contributed by atoms with van der Waals surface area (Å²) in [7, 11) is -4.23. The molecule has 0 atom stereocenters. The Kier molecular flexibility index (Phi) is 5.30. The number of rotatable bonds is 4. The minimum atomic E-state index is -4.88. The summed E-state index contributed by atoms with van der Waals surface area (Å²) in [5.41, 5.74) is -3.87. The molecule has 3 heterocycles. The maximum Gasteiger partial charge on any atom is 0.418 e. The maximum atomic E-state index is 13.2. The van der Waals surface area contributed by atoms with Gasteiger partial charge < -0.3 is 4.42 Å². The highest BCUT2D eigenvalue weighted by Crippen LogP contribution is 2.37. The van der Waals surface area contributed by atoms with Crippen LogP contribution in [0.3, 0.4) is 0 Å². The fourth-order valence-corrected chi connectivity index (χ4v) is 3.42. The van der Waals surface area contributed by atoms with E-state index in [2.05, 4.69) is 20.2 Å². The zero-order chi connectivity index (χ0) is 22.3. The van der Waals surface area contributed by atoms with Gasteiger partial charge in [0.1, 0.15) is 11.4 Å². The number of pyridine rings is 2. The lowest BCUT2D eigenvalue weighted by atomic mass is 10.2. The van der Waals surface area contributed by atoms with E-state index >= 15 is 0 Å². The van der Waals surface area contributed by atoms with Crippen LogP contribution >= 0.6 is 0 Å². The van der Waals surface area contributed by atoms with E-state index in [-0.39, 0.29) is 0 Å². The van der Waals surface area contributed by atoms with Crippen molar-refractivity contribution < 1.29 is 39.2 Å². The first-order valence-corrected chi connectivity index (χ1v) is 9.66. The van der Waals surface area contributed by atoms with Gasteiger partial charge in [-0.05, 0) is 18.2 Å². The van der Waals surface area contributed by atoms with E-state index in [0.29, 0.717) is 12.3 Å². The van der Waals surface area contributed by atoms with Crippen LogP contribution in [0, 0.1) is 0 Å². The summed E-state index contributed by atoms with van der Waals surface area (Å²) < 4.78 is 108. The number of hydrogen-bond donors (Lipinski definition) is 0. The third-order valence-corrected chi connectivity index (χ3v) is 5.58. The zero-order valence-electron chi connectivity index (χ0n) is 14.8. The second kappa shape index (κ2) is 7.34. The summed E-state index contributed by atoms with van der Waals surface area (Å²) in [6, 6.07) is 2.11. The second-order valence-electron chi connectivity index (χ2n) is 5.78. The molecule has 0 aliphatic rings. The van der Waals surface area contributed by atoms with Crippen LogP contribution in [0.4, 0.5) is 26.3 Å². The van der Waals surface area contributed by atoms with Crippen molar-refractivity contribution in [1.29, 1.82) is 0 Å². The molecule has 0 aliphatic carbocycles. The Hall–Kier alpha value is -3.03. The number of aromatic nitrogens is 4. The summed E-state index contributed by atoms with van der Waals surface area (Å²) in [6.45, 7) is 1.20. The lowest BCUT2D eigenvalue weighted by molar-refractivity contribution is -0.138. The van der Waals surface area contributed by atoms with E-state index in [4.69, 9.17) is 4.42 Å². The molecular formula is C16H10F6N4O3S. The summed E-state index contributed by atoms with van der Waals surface area (Å²) in [6.07, 6.45) is -8.28. The van der Waals surface area contributed by atoms with Gasteiger partial charge in [0.2, 0.25) is 0 Å². The number of sulfone groups is 1. The molecule has 0 saturated heterocycles. The molecule has 14 heteroatoms. The molecule has 7 nitrogen and oxygen atoms in total. The van der Waals surface area contributed by atoms with E-state index in [1.54, 1.807) is 0 Å². The van der Waals surface area contributed by atoms with Crippen molar-refractivity contribution >= 4 is 9.84 Å². The molecule has 0 N–H and O–H groups in total. The first-order valence-electron chi connectivity index (χ1n) is 8.01. The summed E-state index contributed by atoms with van der Waals surface area (Å²) >= 11 is 0. The van der Waals surface area contributed by atoms with Gasteiger partial charge in [-0.2, -0.15) is 26.3 Å². The van der Waals surface area contributed by atoms with E-state index in [1.807, 2.05) is 0 Å². The van der Waals surface area contributed by atoms with E-state index in [1.165, 1.54) is 6.92 Å². The van der Waals surface area contributed by atoms with Crippen LogP contribution in [0.25, 0.3) is 23.2 Å². The topological polar surface area (TPSA) is 98.8 Å². The van der Waals surface area contributed by atoms with Gasteiger partial charge in [0, 0.05) is 12.4 Å². The molecule has 30 heavy (non-hydrogen) atoms. The third kappa shape index (κ3) is 4.13. The van der Waals surface area contributed by atoms with Crippen molar-refractivity contribution in [2.24, 2.45) is 0 Å². The molecule has 0 unspecified atom stereocenters. The van der Waals surface area contributed by atoms with Gasteiger partial charge in [0.25, 0.3) is 11.8 Å². The average molecular weight is 452 g/mol. The van der Waals surface area contributed by atoms with Gasteiger partial charge >= 0.3 is 12.4 Å². The SMILES string of the molecule is CCS(=O)(=O)c1cc(C(F)(F)F)cnc1-c1nnc(-c2ncccc2C(F)(F)F)o1. The molecule has 3 aromatic heterocycles. The van der Waals surface area contributed by atoms with Gasteiger partial charge in [-0.15, -0.1) is 10.2 Å². The molecule has 3 rings (SSSR count). The Morgan fingerprint density at radius 2 is 1.60 bits per heavy atom. The lowest BCUT2D eigenvalue weighted by Crippen LogP contribution is -2.12. The highest BCUT2D eigenvalue weighted by molar-refractivity contribution is 7.91. The molecule has 0 bridgehead atoms. The van der Waals surface area contributed by atoms with Crippen molar-refractivity contribution in [1.82, 2.24) is 20.2 Å². The van der Waals surface area contributed by atoms with Crippen LogP contribution in [-0.4, -0.2) is 34.3 Å². The summed E-state index contributed by atoms with van der Waals surface area (Å²) in [5, 5.41) is 6.88. The van der Waals surface area contributed by atoms with Gasteiger partial charge in [-0.1, -0.05) is 6.92 Å². The number of halogens is 6. The molecule has 0 spiro atoms. The summed E-state index contributed by atoms with van der Waals surface area (Å²) in [5.74, 6) is -1.95. The van der Waals surface area contributed by atoms with Crippen molar-refractivity contribution in [3.8, 4) is 23.2 Å². The van der Waals surface area contributed by atoms with Gasteiger partial charge in [0.05, 0.1) is 21.8 Å². The predicted molar refractivity (Wildman–Crippen MR) is 88.5 cm³/mol. The molecule has 0 fully saturated rings. The molecule has 0 saturated carbocycles. The number of hydrogen-bond acceptors (Lipinski definition) is 7. The Bertz CT molecular complexity index is 1190. The first-order chi connectivity index (χ1) is 13.8. The smallest absolute Gasteiger partial charge is 0.413 e. The average Bonchev–Trinajstić information content (AvgIpc) is 3.16. The monoisotopic (exact) mass is 452 g/mol. The number of alkyl halides is 6. The molecule has 0 radical (unpaired) electrons. The standard InChI is InChI=1S/C16H10F6N4O3S/c1-2-30(27,28)10-6-8(15(17,18)19)7-24-12(10)14-26-25-13(29-14)11-9(16(20,21)22)4-3-5-23-11/h3-7H,2H2,1H3. The van der Waals surface area contributed by atoms with Gasteiger partial charge in [-0.3, -0.25) is 4.98 Å². The first kappa shape index (κ1) is 21.7. The Morgan fingerprint density at radius 1 is 0.967 bits per heavy atom. The molecule has 0 aromatic carbocycles. The number of nitrogens with zero attached hydrogens (tertiary/aromatic N) is 4. The maximum absolute atomic E-state index is 13.2. The van der Waals surface area contributed by atoms with E-state index in [0.717, 1.165) is 18.3 Å². The minimum absolute atomic E-state index is 0.354. The fourth-order valence-electron chi connectivity index (χ4n) is 2.37. The van der Waals surface area contributed by atoms with Gasteiger partial charge in [-0.25, -0.2) is 13.4 Å². The van der Waals surface area contributed by atoms with E-state index < -0.39 is 67.1 Å². The molecule has 3 aromatic rings. The summed E-state index contributed by atoms with van der Waals surface area (Å²) in [4.78, 5) is 6.18. The quantitative estimate of drug-likeness (QED) is 0.552. The molecule has 0 aliphatic heterocycles. The van der Waals surface area contributed by atoms with Crippen molar-refractivity contribution in [3.05, 3.63) is 41.7 Å². The normalized spacial score (nSPS) is 12.9. The van der Waals surface area contributed by atoms with Crippen LogP contribution < -0.4 is 0 Å². The van der Waals surface area contributed by atoms with Crippen LogP contribution in [0.2, 0.25) is 0 Å². The minimum Gasteiger partial charge on any atom is -0.413 e.